The van der Waals surface area contributed by atoms with Crippen molar-refractivity contribution in [1.82, 2.24) is 10.3 Å². The first-order valence-electron chi connectivity index (χ1n) is 7.20. The van der Waals surface area contributed by atoms with E-state index in [9.17, 15) is 4.79 Å². The number of anilines is 1. The maximum Gasteiger partial charge on any atom is 0.222 e. The molecule has 21 heavy (non-hydrogen) atoms. The fourth-order valence-electron chi connectivity index (χ4n) is 2.97. The summed E-state index contributed by atoms with van der Waals surface area (Å²) < 4.78 is 1.04. The van der Waals surface area contributed by atoms with Gasteiger partial charge in [0.1, 0.15) is 0 Å². The van der Waals surface area contributed by atoms with Gasteiger partial charge < -0.3 is 10.2 Å². The van der Waals surface area contributed by atoms with Crippen LogP contribution in [-0.4, -0.2) is 31.0 Å². The first-order chi connectivity index (χ1) is 10.2. The number of piperidine rings is 1. The van der Waals surface area contributed by atoms with Crippen molar-refractivity contribution in [2.45, 2.75) is 12.8 Å². The third-order valence-electron chi connectivity index (χ3n) is 4.13. The Morgan fingerprint density at radius 3 is 2.81 bits per heavy atom. The van der Waals surface area contributed by atoms with E-state index >= 15 is 0 Å². The molecule has 1 aromatic carbocycles. The Kier molecular flexibility index (Phi) is 4.10. The molecule has 5 heteroatoms. The van der Waals surface area contributed by atoms with Crippen LogP contribution in [0.4, 0.5) is 5.69 Å². The molecule has 0 unspecified atom stereocenters. The number of halogens is 1. The van der Waals surface area contributed by atoms with E-state index in [1.807, 2.05) is 18.3 Å². The lowest BCUT2D eigenvalue weighted by Gasteiger charge is -2.33. The van der Waals surface area contributed by atoms with Gasteiger partial charge in [-0.1, -0.05) is 15.9 Å². The van der Waals surface area contributed by atoms with Crippen molar-refractivity contribution in [3.8, 4) is 0 Å². The van der Waals surface area contributed by atoms with Gasteiger partial charge >= 0.3 is 0 Å². The number of nitrogens with zero attached hydrogens (tertiary/aromatic N) is 2. The van der Waals surface area contributed by atoms with Crippen molar-refractivity contribution < 1.29 is 4.79 Å². The van der Waals surface area contributed by atoms with Crippen LogP contribution in [0.2, 0.25) is 0 Å². The van der Waals surface area contributed by atoms with E-state index in [4.69, 9.17) is 0 Å². The molecule has 0 saturated carbocycles. The second-order valence-corrected chi connectivity index (χ2v) is 6.28. The van der Waals surface area contributed by atoms with Crippen molar-refractivity contribution >= 4 is 38.4 Å². The van der Waals surface area contributed by atoms with Gasteiger partial charge in [-0.3, -0.25) is 9.78 Å². The van der Waals surface area contributed by atoms with Gasteiger partial charge in [-0.25, -0.2) is 0 Å². The van der Waals surface area contributed by atoms with E-state index in [0.717, 1.165) is 35.9 Å². The van der Waals surface area contributed by atoms with Crippen LogP contribution in [0.15, 0.2) is 34.9 Å². The molecule has 0 bridgehead atoms. The lowest BCUT2D eigenvalue weighted by molar-refractivity contribution is -0.125. The van der Waals surface area contributed by atoms with Gasteiger partial charge in [-0.05, 0) is 37.1 Å². The summed E-state index contributed by atoms with van der Waals surface area (Å²) in [6, 6.07) is 8.25. The Morgan fingerprint density at radius 2 is 2.10 bits per heavy atom. The smallest absolute Gasteiger partial charge is 0.222 e. The second kappa shape index (κ2) is 6.02. The Hall–Kier alpha value is -1.62. The molecule has 1 amide bonds. The number of benzene rings is 1. The molecule has 1 aliphatic heterocycles. The number of carbonyl (C=O) groups excluding carboxylic acids is 1. The minimum absolute atomic E-state index is 0.147. The minimum Gasteiger partial charge on any atom is -0.371 e. The highest BCUT2D eigenvalue weighted by Crippen LogP contribution is 2.30. The van der Waals surface area contributed by atoms with Crippen LogP contribution in [0.25, 0.3) is 10.9 Å². The van der Waals surface area contributed by atoms with E-state index in [1.165, 1.54) is 11.1 Å². The summed E-state index contributed by atoms with van der Waals surface area (Å²) in [7, 11) is 1.71. The van der Waals surface area contributed by atoms with Gasteiger partial charge in [-0.2, -0.15) is 0 Å². The Bertz CT molecular complexity index is 666. The summed E-state index contributed by atoms with van der Waals surface area (Å²) in [4.78, 5) is 18.5. The first-order valence-corrected chi connectivity index (χ1v) is 7.99. The fraction of sp³-hybridized carbons (Fsp3) is 0.375. The van der Waals surface area contributed by atoms with Crippen LogP contribution in [-0.2, 0) is 4.79 Å². The SMILES string of the molecule is CNC(=O)C1CCN(c2ccnc3cc(Br)ccc23)CC1. The number of amides is 1. The number of pyridine rings is 1. The standard InChI is InChI=1S/C16H18BrN3O/c1-18-16(21)11-5-8-20(9-6-11)15-4-7-19-14-10-12(17)2-3-13(14)15/h2-4,7,10-11H,5-6,8-9H2,1H3,(H,18,21). The number of fused-ring (bicyclic) bond motifs is 1. The molecule has 1 aromatic heterocycles. The van der Waals surface area contributed by atoms with E-state index < -0.39 is 0 Å². The Labute approximate surface area is 132 Å². The molecule has 1 N–H and O–H groups in total. The van der Waals surface area contributed by atoms with Gasteiger partial charge in [0.25, 0.3) is 0 Å². The van der Waals surface area contributed by atoms with Gasteiger partial charge in [0, 0.05) is 47.8 Å². The largest absolute Gasteiger partial charge is 0.371 e. The maximum absolute atomic E-state index is 11.7. The fourth-order valence-corrected chi connectivity index (χ4v) is 3.32. The highest BCUT2D eigenvalue weighted by atomic mass is 79.9. The normalized spacial score (nSPS) is 16.2. The second-order valence-electron chi connectivity index (χ2n) is 5.37. The van der Waals surface area contributed by atoms with Gasteiger partial charge in [0.05, 0.1) is 5.52 Å². The number of carbonyl (C=O) groups is 1. The average molecular weight is 348 g/mol. The predicted octanol–water partition coefficient (Wildman–Crippen LogP) is 2.96. The highest BCUT2D eigenvalue weighted by molar-refractivity contribution is 9.10. The molecule has 0 aliphatic carbocycles. The van der Waals surface area contributed by atoms with Crippen LogP contribution in [0, 0.1) is 5.92 Å². The summed E-state index contributed by atoms with van der Waals surface area (Å²) in [5.74, 6) is 0.312. The topological polar surface area (TPSA) is 45.2 Å². The van der Waals surface area contributed by atoms with E-state index in [-0.39, 0.29) is 11.8 Å². The minimum atomic E-state index is 0.147. The maximum atomic E-state index is 11.7. The van der Waals surface area contributed by atoms with Crippen LogP contribution in [0.5, 0.6) is 0 Å². The van der Waals surface area contributed by atoms with Crippen molar-refractivity contribution in [1.29, 1.82) is 0 Å². The molecule has 1 saturated heterocycles. The highest BCUT2D eigenvalue weighted by Gasteiger charge is 2.25. The zero-order chi connectivity index (χ0) is 14.8. The summed E-state index contributed by atoms with van der Waals surface area (Å²) in [5, 5.41) is 3.92. The van der Waals surface area contributed by atoms with Crippen molar-refractivity contribution in [3.63, 3.8) is 0 Å². The molecule has 3 rings (SSSR count). The van der Waals surface area contributed by atoms with E-state index in [1.54, 1.807) is 7.05 Å². The Morgan fingerprint density at radius 1 is 1.33 bits per heavy atom. The molecule has 2 aromatic rings. The zero-order valence-electron chi connectivity index (χ0n) is 12.0. The van der Waals surface area contributed by atoms with Gasteiger partial charge in [0.15, 0.2) is 0 Å². The molecule has 1 fully saturated rings. The third-order valence-corrected chi connectivity index (χ3v) is 4.63. The molecule has 1 aliphatic rings. The molecule has 0 radical (unpaired) electrons. The molecule has 0 atom stereocenters. The number of hydrogen-bond donors (Lipinski definition) is 1. The van der Waals surface area contributed by atoms with E-state index in [0.29, 0.717) is 0 Å². The summed E-state index contributed by atoms with van der Waals surface area (Å²) in [6.45, 7) is 1.82. The van der Waals surface area contributed by atoms with Gasteiger partial charge in [-0.15, -0.1) is 0 Å². The summed E-state index contributed by atoms with van der Waals surface area (Å²) in [6.07, 6.45) is 3.66. The van der Waals surface area contributed by atoms with Crippen LogP contribution < -0.4 is 10.2 Å². The van der Waals surface area contributed by atoms with Gasteiger partial charge in [0.2, 0.25) is 5.91 Å². The number of hydrogen-bond acceptors (Lipinski definition) is 3. The molecule has 2 heterocycles. The molecular weight excluding hydrogens is 330 g/mol. The number of rotatable bonds is 2. The predicted molar refractivity (Wildman–Crippen MR) is 88.4 cm³/mol. The van der Waals surface area contributed by atoms with Crippen LogP contribution in [0.1, 0.15) is 12.8 Å². The summed E-state index contributed by atoms with van der Waals surface area (Å²) >= 11 is 3.49. The van der Waals surface area contributed by atoms with Crippen LogP contribution in [0.3, 0.4) is 0 Å². The van der Waals surface area contributed by atoms with E-state index in [2.05, 4.69) is 43.3 Å². The molecule has 110 valence electrons. The van der Waals surface area contributed by atoms with Crippen molar-refractivity contribution in [2.75, 3.05) is 25.0 Å². The zero-order valence-corrected chi connectivity index (χ0v) is 13.6. The van der Waals surface area contributed by atoms with Crippen LogP contribution >= 0.6 is 15.9 Å². The summed E-state index contributed by atoms with van der Waals surface area (Å²) in [5.41, 5.74) is 2.21. The lowest BCUT2D eigenvalue weighted by atomic mass is 9.95. The molecule has 0 spiro atoms. The number of aromatic nitrogens is 1. The van der Waals surface area contributed by atoms with Crippen molar-refractivity contribution in [2.24, 2.45) is 5.92 Å². The molecule has 4 nitrogen and oxygen atoms in total. The monoisotopic (exact) mass is 347 g/mol. The van der Waals surface area contributed by atoms with Crippen molar-refractivity contribution in [3.05, 3.63) is 34.9 Å². The Balaban J connectivity index is 1.84. The quantitative estimate of drug-likeness (QED) is 0.908. The first kappa shape index (κ1) is 14.3. The average Bonchev–Trinajstić information content (AvgIpc) is 2.53. The lowest BCUT2D eigenvalue weighted by Crippen LogP contribution is -2.39. The number of nitrogens with one attached hydrogen (secondary N) is 1. The molecular formula is C16H18BrN3O. The third kappa shape index (κ3) is 2.88.